The van der Waals surface area contributed by atoms with E-state index in [2.05, 4.69) is 0 Å². The third kappa shape index (κ3) is 4.77. The number of esters is 2. The second kappa shape index (κ2) is 7.88. The summed E-state index contributed by atoms with van der Waals surface area (Å²) in [6, 6.07) is 18.4. The highest BCUT2D eigenvalue weighted by Crippen LogP contribution is 2.22. The first-order valence-electron chi connectivity index (χ1n) is 7.97. The lowest BCUT2D eigenvalue weighted by Gasteiger charge is -2.26. The van der Waals surface area contributed by atoms with Gasteiger partial charge in [0, 0.05) is 12.8 Å². The summed E-state index contributed by atoms with van der Waals surface area (Å²) in [6.07, 6.45) is 0.153. The van der Waals surface area contributed by atoms with Crippen LogP contribution in [-0.2, 0) is 27.2 Å². The quantitative estimate of drug-likeness (QED) is 0.655. The number of hydrogen-bond acceptors (Lipinski definition) is 4. The molecule has 2 aromatic carbocycles. The fourth-order valence-electron chi connectivity index (χ4n) is 2.38. The largest absolute Gasteiger partial charge is 0.391 e. The van der Waals surface area contributed by atoms with Crippen molar-refractivity contribution in [3.63, 3.8) is 0 Å². The maximum Gasteiger partial charge on any atom is 0.346 e. The Morgan fingerprint density at radius 1 is 0.917 bits per heavy atom. The molecule has 0 saturated heterocycles. The maximum atomic E-state index is 12.5. The topological polar surface area (TPSA) is 63.6 Å². The smallest absolute Gasteiger partial charge is 0.346 e. The lowest BCUT2D eigenvalue weighted by atomic mass is 9.88. The Morgan fingerprint density at radius 3 is 1.71 bits per heavy atom. The number of ether oxygens (including phenoxy) is 1. The standard InChI is InChI=1S/C20H22O4/c1-15(2)18(21)24-19(22)20(23,13-16-9-5-3-6-10-16)14-17-11-7-4-8-12-17/h3-12,15,23H,13-14H2,1-2H3. The predicted octanol–water partition coefficient (Wildman–Crippen LogP) is 2.93. The SMILES string of the molecule is CC(C)C(=O)OC(=O)C(O)(Cc1ccccc1)Cc1ccccc1. The summed E-state index contributed by atoms with van der Waals surface area (Å²) < 4.78 is 4.89. The molecule has 0 aliphatic rings. The van der Waals surface area contributed by atoms with E-state index in [4.69, 9.17) is 4.74 Å². The normalized spacial score (nSPS) is 11.3. The fourth-order valence-corrected chi connectivity index (χ4v) is 2.38. The maximum absolute atomic E-state index is 12.5. The van der Waals surface area contributed by atoms with Gasteiger partial charge in [-0.3, -0.25) is 4.79 Å². The molecular weight excluding hydrogens is 304 g/mol. The Bertz CT molecular complexity index is 636. The Balaban J connectivity index is 2.26. The van der Waals surface area contributed by atoms with Crippen LogP contribution in [0.15, 0.2) is 60.7 Å². The lowest BCUT2D eigenvalue weighted by molar-refractivity contribution is -0.176. The Hall–Kier alpha value is -2.46. The molecule has 4 heteroatoms. The van der Waals surface area contributed by atoms with Gasteiger partial charge in [0.05, 0.1) is 5.92 Å². The second-order valence-electron chi connectivity index (χ2n) is 6.22. The van der Waals surface area contributed by atoms with Crippen molar-refractivity contribution in [1.82, 2.24) is 0 Å². The molecule has 0 saturated carbocycles. The zero-order valence-electron chi connectivity index (χ0n) is 13.9. The number of aliphatic hydroxyl groups is 1. The summed E-state index contributed by atoms with van der Waals surface area (Å²) in [5.41, 5.74) is -0.206. The van der Waals surface area contributed by atoms with Crippen molar-refractivity contribution in [2.24, 2.45) is 5.92 Å². The van der Waals surface area contributed by atoms with E-state index in [1.165, 1.54) is 0 Å². The van der Waals surface area contributed by atoms with Gasteiger partial charge in [-0.1, -0.05) is 74.5 Å². The first-order chi connectivity index (χ1) is 11.4. The van der Waals surface area contributed by atoms with Gasteiger partial charge >= 0.3 is 11.9 Å². The number of carbonyl (C=O) groups excluding carboxylic acids is 2. The minimum atomic E-state index is -1.80. The molecule has 0 atom stereocenters. The Morgan fingerprint density at radius 2 is 1.33 bits per heavy atom. The average molecular weight is 326 g/mol. The Kier molecular flexibility index (Phi) is 5.88. The molecular formula is C20H22O4. The molecule has 0 heterocycles. The molecule has 0 unspecified atom stereocenters. The molecule has 0 amide bonds. The van der Waals surface area contributed by atoms with Gasteiger partial charge < -0.3 is 9.84 Å². The van der Waals surface area contributed by atoms with E-state index in [9.17, 15) is 14.7 Å². The second-order valence-corrected chi connectivity index (χ2v) is 6.22. The molecule has 4 nitrogen and oxygen atoms in total. The van der Waals surface area contributed by atoms with Crippen LogP contribution in [0.1, 0.15) is 25.0 Å². The van der Waals surface area contributed by atoms with Crippen LogP contribution in [0, 0.1) is 5.92 Å². The van der Waals surface area contributed by atoms with Gasteiger partial charge in [-0.15, -0.1) is 0 Å². The van der Waals surface area contributed by atoms with E-state index in [0.717, 1.165) is 11.1 Å². The minimum Gasteiger partial charge on any atom is -0.391 e. The van der Waals surface area contributed by atoms with Crippen molar-refractivity contribution in [2.45, 2.75) is 32.3 Å². The van der Waals surface area contributed by atoms with Crippen LogP contribution in [0.2, 0.25) is 0 Å². The molecule has 0 aromatic heterocycles. The van der Waals surface area contributed by atoms with Crippen LogP contribution < -0.4 is 0 Å². The number of hydrogen-bond donors (Lipinski definition) is 1. The van der Waals surface area contributed by atoms with Crippen LogP contribution in [0.5, 0.6) is 0 Å². The van der Waals surface area contributed by atoms with Crippen molar-refractivity contribution < 1.29 is 19.4 Å². The minimum absolute atomic E-state index is 0.0763. The highest BCUT2D eigenvalue weighted by Gasteiger charge is 2.39. The van der Waals surface area contributed by atoms with Gasteiger partial charge in [0.2, 0.25) is 0 Å². The molecule has 1 N–H and O–H groups in total. The molecule has 0 aliphatic heterocycles. The van der Waals surface area contributed by atoms with Crippen molar-refractivity contribution in [3.05, 3.63) is 71.8 Å². The molecule has 126 valence electrons. The van der Waals surface area contributed by atoms with Gasteiger partial charge in [-0.2, -0.15) is 0 Å². The van der Waals surface area contributed by atoms with Gasteiger partial charge in [-0.05, 0) is 11.1 Å². The van der Waals surface area contributed by atoms with Crippen molar-refractivity contribution in [1.29, 1.82) is 0 Å². The molecule has 0 radical (unpaired) electrons. The van der Waals surface area contributed by atoms with Crippen LogP contribution >= 0.6 is 0 Å². The Labute approximate surface area is 142 Å². The summed E-state index contributed by atoms with van der Waals surface area (Å²) in [5.74, 6) is -1.99. The van der Waals surface area contributed by atoms with Crippen molar-refractivity contribution >= 4 is 11.9 Å². The van der Waals surface area contributed by atoms with Crippen molar-refractivity contribution in [3.8, 4) is 0 Å². The summed E-state index contributed by atoms with van der Waals surface area (Å²) in [4.78, 5) is 24.2. The zero-order valence-corrected chi connectivity index (χ0v) is 13.9. The molecule has 2 rings (SSSR count). The molecule has 24 heavy (non-hydrogen) atoms. The number of rotatable bonds is 6. The van der Waals surface area contributed by atoms with Gasteiger partial charge in [0.15, 0.2) is 5.60 Å². The molecule has 2 aromatic rings. The average Bonchev–Trinajstić information content (AvgIpc) is 2.56. The lowest BCUT2D eigenvalue weighted by Crippen LogP contribution is -2.45. The summed E-state index contributed by atoms with van der Waals surface area (Å²) >= 11 is 0. The van der Waals surface area contributed by atoms with Crippen LogP contribution in [0.3, 0.4) is 0 Å². The van der Waals surface area contributed by atoms with E-state index in [-0.39, 0.29) is 12.8 Å². The van der Waals surface area contributed by atoms with Crippen LogP contribution in [-0.4, -0.2) is 22.6 Å². The fraction of sp³-hybridized carbons (Fsp3) is 0.300. The molecule has 0 aliphatic carbocycles. The third-order valence-corrected chi connectivity index (χ3v) is 3.72. The summed E-state index contributed by atoms with van der Waals surface area (Å²) in [5, 5.41) is 11.0. The molecule has 0 bridgehead atoms. The van der Waals surface area contributed by atoms with Gasteiger partial charge in [0.1, 0.15) is 0 Å². The van der Waals surface area contributed by atoms with E-state index in [1.807, 2.05) is 60.7 Å². The molecule has 0 spiro atoms. The predicted molar refractivity (Wildman–Crippen MR) is 91.2 cm³/mol. The monoisotopic (exact) mass is 326 g/mol. The van der Waals surface area contributed by atoms with E-state index in [1.54, 1.807) is 13.8 Å². The number of carbonyl (C=O) groups is 2. The first kappa shape index (κ1) is 17.9. The number of benzene rings is 2. The van der Waals surface area contributed by atoms with Crippen LogP contribution in [0.25, 0.3) is 0 Å². The van der Waals surface area contributed by atoms with Crippen LogP contribution in [0.4, 0.5) is 0 Å². The van der Waals surface area contributed by atoms with Gasteiger partial charge in [-0.25, -0.2) is 4.79 Å². The highest BCUT2D eigenvalue weighted by atomic mass is 16.6. The van der Waals surface area contributed by atoms with Gasteiger partial charge in [0.25, 0.3) is 0 Å². The third-order valence-electron chi connectivity index (χ3n) is 3.72. The van der Waals surface area contributed by atoms with E-state index >= 15 is 0 Å². The highest BCUT2D eigenvalue weighted by molar-refractivity contribution is 5.91. The van der Waals surface area contributed by atoms with E-state index < -0.39 is 23.5 Å². The molecule has 0 fully saturated rings. The summed E-state index contributed by atoms with van der Waals surface area (Å²) in [7, 11) is 0. The van der Waals surface area contributed by atoms with Crippen molar-refractivity contribution in [2.75, 3.05) is 0 Å². The zero-order chi connectivity index (χ0) is 17.6. The van der Waals surface area contributed by atoms with E-state index in [0.29, 0.717) is 0 Å². The first-order valence-corrected chi connectivity index (χ1v) is 7.97. The summed E-state index contributed by atoms with van der Waals surface area (Å²) in [6.45, 7) is 3.28.